The van der Waals surface area contributed by atoms with E-state index in [0.717, 1.165) is 12.1 Å². The molecule has 3 N–H and O–H groups in total. The summed E-state index contributed by atoms with van der Waals surface area (Å²) in [6.07, 6.45) is 0.392. The average molecular weight is 259 g/mol. The number of rotatable bonds is 5. The molecular weight excluding hydrogens is 240 g/mol. The van der Waals surface area contributed by atoms with Gasteiger partial charge in [0.2, 0.25) is 0 Å². The van der Waals surface area contributed by atoms with Gasteiger partial charge in [-0.25, -0.2) is 0 Å². The maximum absolute atomic E-state index is 11.6. The van der Waals surface area contributed by atoms with Gasteiger partial charge in [0.1, 0.15) is 6.10 Å². The Kier molecular flexibility index (Phi) is 7.54. The number of hydrogen-bond acceptors (Lipinski definition) is 3. The molecule has 1 amide bonds. The highest BCUT2D eigenvalue weighted by Gasteiger charge is 2.15. The number of benzene rings is 1. The van der Waals surface area contributed by atoms with Crippen LogP contribution in [0, 0.1) is 0 Å². The standard InChI is InChI=1S/C12H18N2O2.ClH/c1-3-9-4-6-10(7-5-9)14-12(15)11(8-13)16-2;/h4-7,11H,3,8,13H2,1-2H3,(H,14,15);1H. The van der Waals surface area contributed by atoms with Crippen LogP contribution in [0.1, 0.15) is 12.5 Å². The van der Waals surface area contributed by atoms with Crippen molar-refractivity contribution in [1.29, 1.82) is 0 Å². The predicted octanol–water partition coefficient (Wildman–Crippen LogP) is 1.58. The molecule has 1 aromatic rings. The number of methoxy groups -OCH3 is 1. The van der Waals surface area contributed by atoms with E-state index in [2.05, 4.69) is 12.2 Å². The summed E-state index contributed by atoms with van der Waals surface area (Å²) in [5.41, 5.74) is 7.40. The van der Waals surface area contributed by atoms with Crippen LogP contribution in [0.5, 0.6) is 0 Å². The van der Waals surface area contributed by atoms with Crippen molar-refractivity contribution in [3.63, 3.8) is 0 Å². The number of hydrogen-bond donors (Lipinski definition) is 2. The first kappa shape index (κ1) is 15.9. The van der Waals surface area contributed by atoms with E-state index in [1.165, 1.54) is 12.7 Å². The van der Waals surface area contributed by atoms with Crippen molar-refractivity contribution >= 4 is 24.0 Å². The molecule has 0 aliphatic rings. The molecule has 1 unspecified atom stereocenters. The third-order valence-corrected chi connectivity index (χ3v) is 2.42. The number of aryl methyl sites for hydroxylation is 1. The second kappa shape index (κ2) is 8.06. The number of ether oxygens (including phenoxy) is 1. The lowest BCUT2D eigenvalue weighted by molar-refractivity contribution is -0.125. The van der Waals surface area contributed by atoms with Crippen LogP contribution >= 0.6 is 12.4 Å². The Bertz CT molecular complexity index is 337. The summed E-state index contributed by atoms with van der Waals surface area (Å²) < 4.78 is 4.94. The summed E-state index contributed by atoms with van der Waals surface area (Å²) in [5.74, 6) is -0.214. The van der Waals surface area contributed by atoms with Crippen molar-refractivity contribution in [3.05, 3.63) is 29.8 Å². The molecule has 1 rings (SSSR count). The Morgan fingerprint density at radius 1 is 1.41 bits per heavy atom. The minimum Gasteiger partial charge on any atom is -0.370 e. The molecule has 5 heteroatoms. The minimum absolute atomic E-state index is 0. The molecular formula is C12H19ClN2O2. The van der Waals surface area contributed by atoms with Crippen LogP contribution in [0.2, 0.25) is 0 Å². The van der Waals surface area contributed by atoms with Gasteiger partial charge in [-0.15, -0.1) is 12.4 Å². The third kappa shape index (κ3) is 4.73. The number of nitrogens with two attached hydrogens (primary N) is 1. The monoisotopic (exact) mass is 258 g/mol. The van der Waals surface area contributed by atoms with E-state index in [-0.39, 0.29) is 24.9 Å². The van der Waals surface area contributed by atoms with E-state index < -0.39 is 6.10 Å². The first-order valence-corrected chi connectivity index (χ1v) is 5.34. The summed E-state index contributed by atoms with van der Waals surface area (Å²) in [6, 6.07) is 7.72. The zero-order chi connectivity index (χ0) is 12.0. The summed E-state index contributed by atoms with van der Waals surface area (Å²) >= 11 is 0. The molecule has 0 aliphatic heterocycles. The predicted molar refractivity (Wildman–Crippen MR) is 71.5 cm³/mol. The average Bonchev–Trinajstić information content (AvgIpc) is 2.31. The van der Waals surface area contributed by atoms with Gasteiger partial charge in [0.25, 0.3) is 5.91 Å². The highest BCUT2D eigenvalue weighted by molar-refractivity contribution is 5.94. The molecule has 0 saturated carbocycles. The van der Waals surface area contributed by atoms with Gasteiger partial charge in [-0.3, -0.25) is 4.79 Å². The van der Waals surface area contributed by atoms with Crippen LogP contribution in [-0.2, 0) is 16.0 Å². The number of anilines is 1. The van der Waals surface area contributed by atoms with Gasteiger partial charge in [0, 0.05) is 19.3 Å². The highest BCUT2D eigenvalue weighted by Crippen LogP contribution is 2.10. The zero-order valence-electron chi connectivity index (χ0n) is 10.1. The van der Waals surface area contributed by atoms with Gasteiger partial charge in [0.05, 0.1) is 0 Å². The number of carbonyl (C=O) groups excluding carboxylic acids is 1. The van der Waals surface area contributed by atoms with Crippen molar-refractivity contribution < 1.29 is 9.53 Å². The fraction of sp³-hybridized carbons (Fsp3) is 0.417. The van der Waals surface area contributed by atoms with E-state index in [0.29, 0.717) is 0 Å². The quantitative estimate of drug-likeness (QED) is 0.843. The molecule has 0 aliphatic carbocycles. The highest BCUT2D eigenvalue weighted by atomic mass is 35.5. The lowest BCUT2D eigenvalue weighted by Crippen LogP contribution is -2.35. The number of amides is 1. The zero-order valence-corrected chi connectivity index (χ0v) is 10.9. The van der Waals surface area contributed by atoms with Crippen LogP contribution < -0.4 is 11.1 Å². The summed E-state index contributed by atoms with van der Waals surface area (Å²) in [6.45, 7) is 2.26. The molecule has 17 heavy (non-hydrogen) atoms. The molecule has 0 spiro atoms. The second-order valence-corrected chi connectivity index (χ2v) is 3.50. The molecule has 0 radical (unpaired) electrons. The molecule has 1 atom stereocenters. The van der Waals surface area contributed by atoms with Crippen molar-refractivity contribution in [3.8, 4) is 0 Å². The van der Waals surface area contributed by atoms with E-state index in [1.807, 2.05) is 24.3 Å². The van der Waals surface area contributed by atoms with Crippen LogP contribution in [0.3, 0.4) is 0 Å². The molecule has 0 saturated heterocycles. The lowest BCUT2D eigenvalue weighted by Gasteiger charge is -2.13. The largest absolute Gasteiger partial charge is 0.370 e. The Hall–Kier alpha value is -1.10. The Balaban J connectivity index is 0.00000256. The molecule has 0 heterocycles. The van der Waals surface area contributed by atoms with Crippen molar-refractivity contribution in [1.82, 2.24) is 0 Å². The third-order valence-electron chi connectivity index (χ3n) is 2.42. The van der Waals surface area contributed by atoms with E-state index >= 15 is 0 Å². The van der Waals surface area contributed by atoms with Gasteiger partial charge in [-0.05, 0) is 24.1 Å². The van der Waals surface area contributed by atoms with Crippen molar-refractivity contribution in [2.24, 2.45) is 5.73 Å². The Morgan fingerprint density at radius 2 is 2.00 bits per heavy atom. The minimum atomic E-state index is -0.592. The lowest BCUT2D eigenvalue weighted by atomic mass is 10.1. The van der Waals surface area contributed by atoms with Crippen LogP contribution in [-0.4, -0.2) is 25.7 Å². The molecule has 0 fully saturated rings. The van der Waals surface area contributed by atoms with Crippen LogP contribution in [0.4, 0.5) is 5.69 Å². The van der Waals surface area contributed by atoms with E-state index in [1.54, 1.807) is 0 Å². The number of halogens is 1. The normalized spacial score (nSPS) is 11.5. The second-order valence-electron chi connectivity index (χ2n) is 3.50. The van der Waals surface area contributed by atoms with Crippen molar-refractivity contribution in [2.45, 2.75) is 19.4 Å². The fourth-order valence-electron chi connectivity index (χ4n) is 1.36. The van der Waals surface area contributed by atoms with Gasteiger partial charge in [0.15, 0.2) is 0 Å². The fourth-order valence-corrected chi connectivity index (χ4v) is 1.36. The number of nitrogens with one attached hydrogen (secondary N) is 1. The first-order chi connectivity index (χ1) is 7.71. The van der Waals surface area contributed by atoms with Gasteiger partial charge in [-0.1, -0.05) is 19.1 Å². The van der Waals surface area contributed by atoms with Crippen LogP contribution in [0.15, 0.2) is 24.3 Å². The van der Waals surface area contributed by atoms with E-state index in [9.17, 15) is 4.79 Å². The van der Waals surface area contributed by atoms with Gasteiger partial charge < -0.3 is 15.8 Å². The molecule has 0 bridgehead atoms. The number of carbonyl (C=O) groups is 1. The first-order valence-electron chi connectivity index (χ1n) is 5.34. The van der Waals surface area contributed by atoms with Crippen molar-refractivity contribution in [2.75, 3.05) is 19.0 Å². The maximum atomic E-state index is 11.6. The summed E-state index contributed by atoms with van der Waals surface area (Å²) in [4.78, 5) is 11.6. The Labute approximate surface area is 108 Å². The van der Waals surface area contributed by atoms with Gasteiger partial charge >= 0.3 is 0 Å². The van der Waals surface area contributed by atoms with Gasteiger partial charge in [-0.2, -0.15) is 0 Å². The summed E-state index contributed by atoms with van der Waals surface area (Å²) in [7, 11) is 1.47. The Morgan fingerprint density at radius 3 is 2.41 bits per heavy atom. The topological polar surface area (TPSA) is 64.4 Å². The maximum Gasteiger partial charge on any atom is 0.254 e. The molecule has 96 valence electrons. The smallest absolute Gasteiger partial charge is 0.254 e. The van der Waals surface area contributed by atoms with E-state index in [4.69, 9.17) is 10.5 Å². The molecule has 4 nitrogen and oxygen atoms in total. The molecule has 0 aromatic heterocycles. The molecule has 1 aromatic carbocycles. The van der Waals surface area contributed by atoms with Crippen LogP contribution in [0.25, 0.3) is 0 Å². The SMILES string of the molecule is CCc1ccc(NC(=O)C(CN)OC)cc1.Cl. The summed E-state index contributed by atoms with van der Waals surface area (Å²) in [5, 5.41) is 2.75.